The van der Waals surface area contributed by atoms with E-state index in [9.17, 15) is 19.1 Å². The summed E-state index contributed by atoms with van der Waals surface area (Å²) in [6.45, 7) is 3.78. The molecule has 0 unspecified atom stereocenters. The van der Waals surface area contributed by atoms with E-state index in [-0.39, 0.29) is 29.8 Å². The highest BCUT2D eigenvalue weighted by atomic mass is 19.1. The Morgan fingerprint density at radius 1 is 1.23 bits per heavy atom. The zero-order chi connectivity index (χ0) is 21.3. The number of benzene rings is 1. The van der Waals surface area contributed by atoms with Crippen LogP contribution in [0.2, 0.25) is 0 Å². The molecule has 2 aliphatic heterocycles. The van der Waals surface area contributed by atoms with Gasteiger partial charge in [0.25, 0.3) is 0 Å². The number of amides is 2. The smallest absolute Gasteiger partial charge is 0.230 e. The van der Waals surface area contributed by atoms with Gasteiger partial charge in [-0.25, -0.2) is 4.39 Å². The molecule has 4 rings (SSSR count). The van der Waals surface area contributed by atoms with Crippen LogP contribution >= 0.6 is 0 Å². The lowest BCUT2D eigenvalue weighted by molar-refractivity contribution is -0.139. The van der Waals surface area contributed by atoms with Crippen molar-refractivity contribution in [3.8, 4) is 0 Å². The monoisotopic (exact) mass is 417 g/mol. The van der Waals surface area contributed by atoms with Crippen molar-refractivity contribution < 1.29 is 19.1 Å². The van der Waals surface area contributed by atoms with Gasteiger partial charge in [-0.05, 0) is 63.1 Å². The number of nitrogens with one attached hydrogen (secondary N) is 1. The number of piperidine rings is 1. The summed E-state index contributed by atoms with van der Waals surface area (Å²) < 4.78 is 14.9. The van der Waals surface area contributed by atoms with Gasteiger partial charge in [-0.3, -0.25) is 9.59 Å². The Labute approximate surface area is 177 Å². The second kappa shape index (κ2) is 8.53. The summed E-state index contributed by atoms with van der Waals surface area (Å²) in [5.74, 6) is -0.309. The fourth-order valence-electron chi connectivity index (χ4n) is 5.37. The van der Waals surface area contributed by atoms with Gasteiger partial charge in [0.05, 0.1) is 17.2 Å². The lowest BCUT2D eigenvalue weighted by Gasteiger charge is -2.41. The largest absolute Gasteiger partial charge is 0.393 e. The number of carbonyl (C=O) groups is 2. The van der Waals surface area contributed by atoms with Crippen molar-refractivity contribution >= 4 is 23.2 Å². The van der Waals surface area contributed by atoms with Crippen LogP contribution in [0.5, 0.6) is 0 Å². The minimum Gasteiger partial charge on any atom is -0.393 e. The number of carbonyl (C=O) groups excluding carboxylic acids is 2. The molecule has 1 spiro atoms. The maximum absolute atomic E-state index is 14.9. The first-order valence-electron chi connectivity index (χ1n) is 11.3. The molecular weight excluding hydrogens is 385 g/mol. The van der Waals surface area contributed by atoms with Crippen LogP contribution in [-0.4, -0.2) is 53.6 Å². The van der Waals surface area contributed by atoms with Crippen molar-refractivity contribution in [2.45, 2.75) is 70.4 Å². The van der Waals surface area contributed by atoms with Gasteiger partial charge in [-0.2, -0.15) is 0 Å². The number of hydrogen-bond acceptors (Lipinski definition) is 4. The normalized spacial score (nSPS) is 29.5. The maximum atomic E-state index is 14.9. The molecule has 0 bridgehead atoms. The molecule has 3 aliphatic rings. The van der Waals surface area contributed by atoms with Gasteiger partial charge in [-0.15, -0.1) is 0 Å². The van der Waals surface area contributed by atoms with E-state index in [1.807, 2.05) is 9.80 Å². The van der Waals surface area contributed by atoms with E-state index in [1.165, 1.54) is 6.07 Å². The number of rotatable bonds is 4. The highest BCUT2D eigenvalue weighted by Crippen LogP contribution is 2.43. The maximum Gasteiger partial charge on any atom is 0.230 e. The number of nitrogens with zero attached hydrogens (tertiary/aromatic N) is 2. The molecule has 0 radical (unpaired) electrons. The van der Waals surface area contributed by atoms with E-state index in [4.69, 9.17) is 0 Å². The third kappa shape index (κ3) is 4.04. The first kappa shape index (κ1) is 21.1. The number of halogens is 1. The summed E-state index contributed by atoms with van der Waals surface area (Å²) in [5, 5.41) is 12.5. The third-order valence-electron chi connectivity index (χ3n) is 7.12. The van der Waals surface area contributed by atoms with Crippen LogP contribution in [0.1, 0.15) is 58.3 Å². The second-order valence-electron chi connectivity index (χ2n) is 9.08. The Hall–Kier alpha value is -2.15. The number of aliphatic hydroxyl groups is 1. The first-order chi connectivity index (χ1) is 14.4. The Morgan fingerprint density at radius 3 is 2.70 bits per heavy atom. The van der Waals surface area contributed by atoms with Gasteiger partial charge in [0.2, 0.25) is 11.8 Å². The Bertz CT molecular complexity index is 809. The van der Waals surface area contributed by atoms with Crippen molar-refractivity contribution in [2.75, 3.05) is 29.9 Å². The molecule has 2 saturated heterocycles. The SMILES string of the molecule is CCC(=O)Nc1ccc(N2CCC[C@@]3(CCN(C4CCC(O)CC4)C3=O)C2)c(F)c1. The molecule has 3 fully saturated rings. The van der Waals surface area contributed by atoms with Crippen LogP contribution in [0.3, 0.4) is 0 Å². The van der Waals surface area contributed by atoms with E-state index in [2.05, 4.69) is 5.32 Å². The minimum atomic E-state index is -0.435. The lowest BCUT2D eigenvalue weighted by atomic mass is 9.78. The van der Waals surface area contributed by atoms with Crippen LogP contribution in [0, 0.1) is 11.2 Å². The van der Waals surface area contributed by atoms with Gasteiger partial charge >= 0.3 is 0 Å². The molecule has 1 saturated carbocycles. The van der Waals surface area contributed by atoms with Gasteiger partial charge in [0.15, 0.2) is 0 Å². The average Bonchev–Trinajstić information content (AvgIpc) is 3.04. The quantitative estimate of drug-likeness (QED) is 0.789. The third-order valence-corrected chi connectivity index (χ3v) is 7.12. The van der Waals surface area contributed by atoms with Gasteiger partial charge in [0, 0.05) is 37.8 Å². The molecule has 6 nitrogen and oxygen atoms in total. The Kier molecular flexibility index (Phi) is 6.00. The molecule has 164 valence electrons. The highest BCUT2D eigenvalue weighted by Gasteiger charge is 2.50. The summed E-state index contributed by atoms with van der Waals surface area (Å²) in [4.78, 5) is 29.0. The van der Waals surface area contributed by atoms with E-state index in [0.717, 1.165) is 58.0 Å². The molecule has 1 aliphatic carbocycles. The first-order valence-corrected chi connectivity index (χ1v) is 11.3. The number of hydrogen-bond donors (Lipinski definition) is 2. The second-order valence-corrected chi connectivity index (χ2v) is 9.08. The molecule has 1 atom stereocenters. The highest BCUT2D eigenvalue weighted by molar-refractivity contribution is 5.90. The van der Waals surface area contributed by atoms with Crippen LogP contribution < -0.4 is 10.2 Å². The fraction of sp³-hybridized carbons (Fsp3) is 0.652. The summed E-state index contributed by atoms with van der Waals surface area (Å²) in [6, 6.07) is 5.03. The minimum absolute atomic E-state index is 0.147. The van der Waals surface area contributed by atoms with Gasteiger partial charge in [-0.1, -0.05) is 6.92 Å². The average molecular weight is 418 g/mol. The zero-order valence-electron chi connectivity index (χ0n) is 17.7. The van der Waals surface area contributed by atoms with Crippen LogP contribution in [0.15, 0.2) is 18.2 Å². The summed E-state index contributed by atoms with van der Waals surface area (Å²) in [5.41, 5.74) is 0.517. The molecule has 1 aromatic rings. The van der Waals surface area contributed by atoms with E-state index in [0.29, 0.717) is 24.3 Å². The molecule has 7 heteroatoms. The van der Waals surface area contributed by atoms with Crippen LogP contribution in [0.25, 0.3) is 0 Å². The summed E-state index contributed by atoms with van der Waals surface area (Å²) >= 11 is 0. The van der Waals surface area contributed by atoms with Crippen molar-refractivity contribution in [1.29, 1.82) is 0 Å². The van der Waals surface area contributed by atoms with E-state index in [1.54, 1.807) is 19.1 Å². The van der Waals surface area contributed by atoms with Crippen molar-refractivity contribution in [3.63, 3.8) is 0 Å². The number of aliphatic hydroxyl groups excluding tert-OH is 1. The fourth-order valence-corrected chi connectivity index (χ4v) is 5.37. The van der Waals surface area contributed by atoms with Crippen LogP contribution in [-0.2, 0) is 9.59 Å². The van der Waals surface area contributed by atoms with Crippen LogP contribution in [0.4, 0.5) is 15.8 Å². The number of anilines is 2. The van der Waals surface area contributed by atoms with Crippen molar-refractivity contribution in [1.82, 2.24) is 4.90 Å². The van der Waals surface area contributed by atoms with Crippen molar-refractivity contribution in [3.05, 3.63) is 24.0 Å². The molecule has 2 heterocycles. The summed E-state index contributed by atoms with van der Waals surface area (Å²) in [6.07, 6.45) is 5.89. The molecule has 0 aromatic heterocycles. The molecule has 30 heavy (non-hydrogen) atoms. The van der Waals surface area contributed by atoms with E-state index >= 15 is 0 Å². The van der Waals surface area contributed by atoms with Gasteiger partial charge < -0.3 is 20.2 Å². The zero-order valence-corrected chi connectivity index (χ0v) is 17.7. The molecule has 2 amide bonds. The Morgan fingerprint density at radius 2 is 2.00 bits per heavy atom. The molecule has 1 aromatic carbocycles. The predicted molar refractivity (Wildman–Crippen MR) is 114 cm³/mol. The molecular formula is C23H32FN3O3. The summed E-state index contributed by atoms with van der Waals surface area (Å²) in [7, 11) is 0. The molecule has 2 N–H and O–H groups in total. The van der Waals surface area contributed by atoms with Gasteiger partial charge in [0.1, 0.15) is 5.82 Å². The standard InChI is InChI=1S/C23H32FN3O3/c1-2-21(29)25-16-4-9-20(19(24)14-16)26-12-3-10-23(15-26)11-13-27(22(23)30)17-5-7-18(28)8-6-17/h4,9,14,17-18,28H,2-3,5-8,10-13,15H2,1H3,(H,25,29)/t17?,18?,23-/m1/s1. The Balaban J connectivity index is 1.47. The number of likely N-dealkylation sites (tertiary alicyclic amines) is 1. The predicted octanol–water partition coefficient (Wildman–Crippen LogP) is 3.30. The van der Waals surface area contributed by atoms with E-state index < -0.39 is 5.41 Å². The lowest BCUT2D eigenvalue weighted by Crippen LogP contribution is -2.50. The van der Waals surface area contributed by atoms with Crippen molar-refractivity contribution in [2.24, 2.45) is 5.41 Å². The topological polar surface area (TPSA) is 72.9 Å².